The van der Waals surface area contributed by atoms with Gasteiger partial charge in [0, 0.05) is 29.3 Å². The lowest BCUT2D eigenvalue weighted by atomic mass is 10.0. The number of carbonyl (C=O) groups is 1. The smallest absolute Gasteiger partial charge is 0.271 e. The Bertz CT molecular complexity index is 1130. The fourth-order valence-electron chi connectivity index (χ4n) is 3.67. The standard InChI is InChI=1S/C22H25ClN4O4S/c1-15(7-10-32(2,29)30)26-21(28)18-11-25-20(12-24-18)27-14-22(8-9-22)31-13-19(27)16-5-3-4-6-17(16)23/h3-7,10-12,15,19H,8-9,13-14H2,1-2H3,(H,26,28)/b10-7+/t15-,19?/m1/s1. The summed E-state index contributed by atoms with van der Waals surface area (Å²) >= 11 is 6.45. The van der Waals surface area contributed by atoms with Crippen LogP contribution in [0.3, 0.4) is 0 Å². The van der Waals surface area contributed by atoms with Gasteiger partial charge in [-0.05, 0) is 31.4 Å². The van der Waals surface area contributed by atoms with Gasteiger partial charge in [0.15, 0.2) is 9.84 Å². The summed E-state index contributed by atoms with van der Waals surface area (Å²) in [6.45, 7) is 2.85. The van der Waals surface area contributed by atoms with Gasteiger partial charge in [-0.3, -0.25) is 4.79 Å². The summed E-state index contributed by atoms with van der Waals surface area (Å²) in [6, 6.07) is 7.09. The molecule has 32 heavy (non-hydrogen) atoms. The van der Waals surface area contributed by atoms with Crippen molar-refractivity contribution < 1.29 is 17.9 Å². The normalized spacial score (nSPS) is 21.0. The summed E-state index contributed by atoms with van der Waals surface area (Å²) in [7, 11) is -3.26. The quantitative estimate of drug-likeness (QED) is 0.683. The lowest BCUT2D eigenvalue weighted by Gasteiger charge is -2.41. The number of sulfone groups is 1. The summed E-state index contributed by atoms with van der Waals surface area (Å²) in [4.78, 5) is 23.4. The second kappa shape index (κ2) is 8.80. The molecule has 8 nitrogen and oxygen atoms in total. The van der Waals surface area contributed by atoms with Crippen LogP contribution in [-0.4, -0.2) is 55.3 Å². The zero-order valence-electron chi connectivity index (χ0n) is 17.9. The lowest BCUT2D eigenvalue weighted by Crippen LogP contribution is -2.46. The van der Waals surface area contributed by atoms with Crippen LogP contribution in [0.4, 0.5) is 5.82 Å². The molecule has 2 fully saturated rings. The average Bonchev–Trinajstić information content (AvgIpc) is 3.51. The highest BCUT2D eigenvalue weighted by molar-refractivity contribution is 7.93. The number of hydrogen-bond acceptors (Lipinski definition) is 7. The number of nitrogens with one attached hydrogen (secondary N) is 1. The van der Waals surface area contributed by atoms with E-state index in [0.717, 1.165) is 30.1 Å². The van der Waals surface area contributed by atoms with Gasteiger partial charge in [-0.25, -0.2) is 18.4 Å². The molecule has 10 heteroatoms. The van der Waals surface area contributed by atoms with Crippen molar-refractivity contribution >= 4 is 33.2 Å². The van der Waals surface area contributed by atoms with Crippen molar-refractivity contribution in [2.24, 2.45) is 0 Å². The summed E-state index contributed by atoms with van der Waals surface area (Å²) in [5, 5.41) is 4.42. The predicted molar refractivity (Wildman–Crippen MR) is 122 cm³/mol. The van der Waals surface area contributed by atoms with Gasteiger partial charge in [0.25, 0.3) is 5.91 Å². The highest BCUT2D eigenvalue weighted by atomic mass is 35.5. The third kappa shape index (κ3) is 5.28. The number of rotatable bonds is 6. The van der Waals surface area contributed by atoms with Crippen LogP contribution in [0, 0.1) is 0 Å². The first kappa shape index (κ1) is 22.7. The number of anilines is 1. The van der Waals surface area contributed by atoms with E-state index < -0.39 is 21.8 Å². The molecular weight excluding hydrogens is 452 g/mol. The Labute approximate surface area is 192 Å². The number of hydrogen-bond donors (Lipinski definition) is 1. The largest absolute Gasteiger partial charge is 0.371 e. The number of carbonyl (C=O) groups excluding carboxylic acids is 1. The van der Waals surface area contributed by atoms with E-state index in [4.69, 9.17) is 16.3 Å². The van der Waals surface area contributed by atoms with E-state index in [1.165, 1.54) is 12.3 Å². The molecule has 1 saturated heterocycles. The van der Waals surface area contributed by atoms with Crippen LogP contribution in [0.5, 0.6) is 0 Å². The highest BCUT2D eigenvalue weighted by Crippen LogP contribution is 2.47. The van der Waals surface area contributed by atoms with E-state index in [2.05, 4.69) is 20.2 Å². The number of benzene rings is 1. The maximum Gasteiger partial charge on any atom is 0.271 e. The Morgan fingerprint density at radius 2 is 2.06 bits per heavy atom. The molecule has 1 amide bonds. The number of morpholine rings is 1. The maximum absolute atomic E-state index is 12.5. The van der Waals surface area contributed by atoms with Crippen molar-refractivity contribution in [2.75, 3.05) is 24.3 Å². The fourth-order valence-corrected chi connectivity index (χ4v) is 4.46. The van der Waals surface area contributed by atoms with E-state index in [-0.39, 0.29) is 17.3 Å². The van der Waals surface area contributed by atoms with Crippen LogP contribution in [0.1, 0.15) is 41.9 Å². The number of ether oxygens (including phenoxy) is 1. The molecule has 2 atom stereocenters. The van der Waals surface area contributed by atoms with Crippen molar-refractivity contribution in [3.63, 3.8) is 0 Å². The first-order valence-corrected chi connectivity index (χ1v) is 12.7. The van der Waals surface area contributed by atoms with Crippen molar-refractivity contribution in [3.8, 4) is 0 Å². The molecule has 0 radical (unpaired) electrons. The summed E-state index contributed by atoms with van der Waals surface area (Å²) in [5.41, 5.74) is 0.966. The number of amides is 1. The monoisotopic (exact) mass is 476 g/mol. The molecule has 4 rings (SSSR count). The Kier molecular flexibility index (Phi) is 6.24. The third-order valence-electron chi connectivity index (χ3n) is 5.59. The molecule has 1 unspecified atom stereocenters. The minimum atomic E-state index is -3.26. The van der Waals surface area contributed by atoms with E-state index in [0.29, 0.717) is 24.0 Å². The summed E-state index contributed by atoms with van der Waals surface area (Å²) in [5.74, 6) is 0.212. The summed E-state index contributed by atoms with van der Waals surface area (Å²) < 4.78 is 28.6. The third-order valence-corrected chi connectivity index (χ3v) is 6.59. The van der Waals surface area contributed by atoms with Gasteiger partial charge >= 0.3 is 0 Å². The molecule has 1 aliphatic carbocycles. The van der Waals surface area contributed by atoms with Crippen molar-refractivity contribution in [1.29, 1.82) is 0 Å². The molecule has 1 aromatic heterocycles. The van der Waals surface area contributed by atoms with Gasteiger partial charge in [-0.1, -0.05) is 35.9 Å². The molecule has 170 valence electrons. The van der Waals surface area contributed by atoms with Gasteiger partial charge in [0.1, 0.15) is 11.5 Å². The summed E-state index contributed by atoms with van der Waals surface area (Å²) in [6.07, 6.45) is 7.52. The van der Waals surface area contributed by atoms with Gasteiger partial charge in [0.05, 0.1) is 30.6 Å². The molecule has 0 bridgehead atoms. The van der Waals surface area contributed by atoms with Crippen LogP contribution >= 0.6 is 11.6 Å². The molecule has 2 aliphatic rings. The first-order chi connectivity index (χ1) is 15.2. The molecule has 2 heterocycles. The SMILES string of the molecule is C[C@H](/C=C/S(C)(=O)=O)NC(=O)c1cnc(N2CC3(CC3)OCC2c2ccccc2Cl)cn1. The van der Waals surface area contributed by atoms with E-state index in [1.54, 1.807) is 13.1 Å². The molecule has 1 saturated carbocycles. The average molecular weight is 477 g/mol. The van der Waals surface area contributed by atoms with Crippen LogP contribution in [0.25, 0.3) is 0 Å². The molecule has 1 aliphatic heterocycles. The Balaban J connectivity index is 1.51. The van der Waals surface area contributed by atoms with Crippen LogP contribution in [0.15, 0.2) is 48.1 Å². The van der Waals surface area contributed by atoms with Gasteiger partial charge < -0.3 is 15.0 Å². The Hall–Kier alpha value is -2.49. The van der Waals surface area contributed by atoms with Crippen LogP contribution in [0.2, 0.25) is 5.02 Å². The molecular formula is C22H25ClN4O4S. The molecule has 1 spiro atoms. The van der Waals surface area contributed by atoms with Crippen LogP contribution in [-0.2, 0) is 14.6 Å². The maximum atomic E-state index is 12.5. The Morgan fingerprint density at radius 3 is 2.69 bits per heavy atom. The topological polar surface area (TPSA) is 101 Å². The lowest BCUT2D eigenvalue weighted by molar-refractivity contribution is -0.000619. The van der Waals surface area contributed by atoms with Gasteiger partial charge in [0.2, 0.25) is 0 Å². The van der Waals surface area contributed by atoms with Crippen molar-refractivity contribution in [3.05, 3.63) is 64.4 Å². The minimum Gasteiger partial charge on any atom is -0.371 e. The zero-order valence-corrected chi connectivity index (χ0v) is 19.4. The first-order valence-electron chi connectivity index (χ1n) is 10.3. The number of nitrogens with zero attached hydrogens (tertiary/aromatic N) is 3. The Morgan fingerprint density at radius 1 is 1.31 bits per heavy atom. The van der Waals surface area contributed by atoms with Crippen molar-refractivity contribution in [1.82, 2.24) is 15.3 Å². The number of halogens is 1. The fraction of sp³-hybridized carbons (Fsp3) is 0.409. The second-order valence-electron chi connectivity index (χ2n) is 8.34. The van der Waals surface area contributed by atoms with E-state index in [1.807, 2.05) is 24.3 Å². The number of aromatic nitrogens is 2. The molecule has 2 aromatic rings. The molecule has 1 aromatic carbocycles. The highest BCUT2D eigenvalue weighted by Gasteiger charge is 2.50. The predicted octanol–water partition coefficient (Wildman–Crippen LogP) is 2.92. The van der Waals surface area contributed by atoms with Crippen LogP contribution < -0.4 is 10.2 Å². The molecule has 1 N–H and O–H groups in total. The second-order valence-corrected chi connectivity index (χ2v) is 10.7. The van der Waals surface area contributed by atoms with Gasteiger partial charge in [-0.2, -0.15) is 0 Å². The zero-order chi connectivity index (χ0) is 22.9. The van der Waals surface area contributed by atoms with Crippen molar-refractivity contribution in [2.45, 2.75) is 37.5 Å². The van der Waals surface area contributed by atoms with Gasteiger partial charge in [-0.15, -0.1) is 0 Å². The van der Waals surface area contributed by atoms with E-state index in [9.17, 15) is 13.2 Å². The minimum absolute atomic E-state index is 0.106. The van der Waals surface area contributed by atoms with E-state index >= 15 is 0 Å².